The van der Waals surface area contributed by atoms with E-state index in [0.29, 0.717) is 0 Å². The molecular weight excluding hydrogens is 538 g/mol. The molecule has 0 aliphatic carbocycles. The van der Waals surface area contributed by atoms with E-state index in [1.165, 1.54) is 47.0 Å². The van der Waals surface area contributed by atoms with Crippen molar-refractivity contribution in [2.24, 2.45) is 0 Å². The number of aliphatic hydroxyl groups is 1. The van der Waals surface area contributed by atoms with Crippen LogP contribution in [-0.2, 0) is 20.1 Å². The summed E-state index contributed by atoms with van der Waals surface area (Å²) in [4.78, 5) is 13.0. The molecule has 0 spiro atoms. The first-order valence-electron chi connectivity index (χ1n) is 9.10. The van der Waals surface area contributed by atoms with Gasteiger partial charge in [-0.2, -0.15) is 0 Å². The normalized spacial score (nSPS) is 10.8. The van der Waals surface area contributed by atoms with Crippen LogP contribution in [0.5, 0.6) is 0 Å². The maximum absolute atomic E-state index is 8.40. The molecule has 4 rings (SSSR count). The van der Waals surface area contributed by atoms with Crippen LogP contribution in [0.1, 0.15) is 19.4 Å². The minimum atomic E-state index is 0. The van der Waals surface area contributed by atoms with Crippen molar-refractivity contribution in [1.29, 1.82) is 0 Å². The van der Waals surface area contributed by atoms with Crippen LogP contribution < -0.4 is 0 Å². The van der Waals surface area contributed by atoms with Gasteiger partial charge in [-0.1, -0.05) is 43.3 Å². The van der Waals surface area contributed by atoms with Gasteiger partial charge < -0.3 is 10.1 Å². The van der Waals surface area contributed by atoms with Crippen molar-refractivity contribution in [2.45, 2.75) is 20.8 Å². The third kappa shape index (κ3) is 5.60. The molecule has 0 saturated heterocycles. The molecule has 0 amide bonds. The average Bonchev–Trinajstić information content (AvgIpc) is 2.67. The molecular formula is C25H23IrNO2. The van der Waals surface area contributed by atoms with Gasteiger partial charge in [0.2, 0.25) is 0 Å². The van der Waals surface area contributed by atoms with E-state index in [0.717, 1.165) is 11.3 Å². The number of carbonyl (C=O) groups excluding carboxylic acids is 1. The predicted octanol–water partition coefficient (Wildman–Crippen LogP) is 6.17. The Balaban J connectivity index is 0.000000327. The Kier molecular flexibility index (Phi) is 7.83. The van der Waals surface area contributed by atoms with Gasteiger partial charge in [0.05, 0.1) is 18.8 Å². The van der Waals surface area contributed by atoms with Crippen LogP contribution in [0.4, 0.5) is 0 Å². The summed E-state index contributed by atoms with van der Waals surface area (Å²) in [7, 11) is 0. The SMILES string of the molecule is CC(=[OH+])/C=C(/C)O.Cc1cc[c-]c(-c2nccc3c2ccc2ccccc23)c1.[Ir]. The number of aromatic nitrogens is 1. The van der Waals surface area contributed by atoms with Crippen molar-refractivity contribution in [2.75, 3.05) is 0 Å². The van der Waals surface area contributed by atoms with Crippen LogP contribution in [0.3, 0.4) is 0 Å². The molecule has 4 heteroatoms. The summed E-state index contributed by atoms with van der Waals surface area (Å²) in [5.74, 6) is 0.250. The second-order valence-corrected chi connectivity index (χ2v) is 6.75. The van der Waals surface area contributed by atoms with E-state index in [-0.39, 0.29) is 31.6 Å². The van der Waals surface area contributed by atoms with Gasteiger partial charge in [0, 0.05) is 26.3 Å². The number of benzene rings is 3. The molecule has 1 heterocycles. The zero-order valence-corrected chi connectivity index (χ0v) is 19.0. The average molecular weight is 562 g/mol. The molecule has 1 radical (unpaired) electrons. The Bertz CT molecular complexity index is 1180. The summed E-state index contributed by atoms with van der Waals surface area (Å²) in [6, 6.07) is 24.4. The molecule has 4 aromatic rings. The number of hydrogen-bond acceptors (Lipinski definition) is 2. The Hall–Kier alpha value is -2.81. The molecule has 0 aliphatic rings. The number of allylic oxidation sites excluding steroid dienone is 2. The largest absolute Gasteiger partial charge is 0.512 e. The number of aryl methyl sites for hydroxylation is 1. The van der Waals surface area contributed by atoms with Crippen molar-refractivity contribution in [3.8, 4) is 11.3 Å². The fourth-order valence-corrected chi connectivity index (χ4v) is 3.17. The van der Waals surface area contributed by atoms with Crippen LogP contribution >= 0.6 is 0 Å². The molecule has 0 fully saturated rings. The molecule has 0 atom stereocenters. The van der Waals surface area contributed by atoms with Gasteiger partial charge in [0.15, 0.2) is 0 Å². The van der Waals surface area contributed by atoms with Gasteiger partial charge in [-0.15, -0.1) is 35.4 Å². The van der Waals surface area contributed by atoms with E-state index >= 15 is 0 Å². The van der Waals surface area contributed by atoms with Gasteiger partial charge in [-0.05, 0) is 40.2 Å². The summed E-state index contributed by atoms with van der Waals surface area (Å²) in [6.07, 6.45) is 3.17. The molecule has 0 unspecified atom stereocenters. The standard InChI is InChI=1S/C20H14N.C5H8O2.Ir/c1-14-5-4-7-16(13-14)20-19-10-9-15-6-2-3-8-17(15)18(19)11-12-21-20;1-4(6)3-5(2)7;/h2-6,8-13H,1H3;3,6H,1-2H3;/q-1;;/p+1/b;4-3-;. The number of nitrogens with zero attached hydrogens (tertiary/aromatic N) is 1. The first-order chi connectivity index (χ1) is 13.5. The number of fused-ring (bicyclic) bond motifs is 3. The van der Waals surface area contributed by atoms with Gasteiger partial charge >= 0.3 is 5.78 Å². The molecule has 0 saturated carbocycles. The molecule has 0 aliphatic heterocycles. The Morgan fingerprint density at radius 2 is 1.76 bits per heavy atom. The van der Waals surface area contributed by atoms with Crippen LogP contribution in [0.15, 0.2) is 78.7 Å². The summed E-state index contributed by atoms with van der Waals surface area (Å²) in [5.41, 5.74) is 3.28. The number of aliphatic hydroxyl groups excluding tert-OH is 1. The van der Waals surface area contributed by atoms with Crippen LogP contribution in [-0.4, -0.2) is 20.7 Å². The summed E-state index contributed by atoms with van der Waals surface area (Å²) >= 11 is 0. The maximum atomic E-state index is 8.40. The fourth-order valence-electron chi connectivity index (χ4n) is 3.17. The van der Waals surface area contributed by atoms with E-state index in [1.807, 2.05) is 12.3 Å². The van der Waals surface area contributed by atoms with E-state index in [2.05, 4.69) is 72.6 Å². The molecule has 2 N–H and O–H groups in total. The fraction of sp³-hybridized carbons (Fsp3) is 0.120. The topological polar surface area (TPSA) is 54.5 Å². The van der Waals surface area contributed by atoms with Gasteiger partial charge in [-0.3, -0.25) is 4.79 Å². The molecule has 0 bridgehead atoms. The minimum Gasteiger partial charge on any atom is -0.512 e. The number of ketones is 1. The van der Waals surface area contributed by atoms with Crippen LogP contribution in [0.25, 0.3) is 32.8 Å². The smallest absolute Gasteiger partial charge is 0.316 e. The van der Waals surface area contributed by atoms with Gasteiger partial charge in [0.1, 0.15) is 0 Å². The number of rotatable bonds is 2. The summed E-state index contributed by atoms with van der Waals surface area (Å²) < 4.78 is 0. The van der Waals surface area contributed by atoms with Crippen molar-refractivity contribution < 1.29 is 30.0 Å². The Morgan fingerprint density at radius 1 is 1.00 bits per heavy atom. The van der Waals surface area contributed by atoms with Gasteiger partial charge in [-0.25, -0.2) is 0 Å². The quantitative estimate of drug-likeness (QED) is 0.105. The zero-order valence-electron chi connectivity index (χ0n) is 16.6. The predicted molar refractivity (Wildman–Crippen MR) is 117 cm³/mol. The second kappa shape index (κ2) is 10.1. The first-order valence-corrected chi connectivity index (χ1v) is 9.10. The molecule has 149 valence electrons. The van der Waals surface area contributed by atoms with Crippen molar-refractivity contribution in [1.82, 2.24) is 4.98 Å². The van der Waals surface area contributed by atoms with E-state index in [9.17, 15) is 0 Å². The second-order valence-electron chi connectivity index (χ2n) is 6.75. The molecule has 3 aromatic carbocycles. The Morgan fingerprint density at radius 3 is 2.41 bits per heavy atom. The maximum Gasteiger partial charge on any atom is 0.316 e. The van der Waals surface area contributed by atoms with E-state index in [1.54, 1.807) is 0 Å². The van der Waals surface area contributed by atoms with Crippen molar-refractivity contribution in [3.63, 3.8) is 0 Å². The van der Waals surface area contributed by atoms with Crippen LogP contribution in [0.2, 0.25) is 0 Å². The van der Waals surface area contributed by atoms with E-state index < -0.39 is 0 Å². The minimum absolute atomic E-state index is 0. The third-order valence-electron chi connectivity index (χ3n) is 4.30. The van der Waals surface area contributed by atoms with Crippen LogP contribution in [0, 0.1) is 13.0 Å². The van der Waals surface area contributed by atoms with Gasteiger partial charge in [0.25, 0.3) is 0 Å². The monoisotopic (exact) mass is 562 g/mol. The van der Waals surface area contributed by atoms with E-state index in [4.69, 9.17) is 9.90 Å². The molecule has 29 heavy (non-hydrogen) atoms. The first kappa shape index (κ1) is 22.5. The summed E-state index contributed by atoms with van der Waals surface area (Å²) in [5, 5.41) is 13.4. The molecule has 3 nitrogen and oxygen atoms in total. The zero-order chi connectivity index (χ0) is 20.1. The number of hydrogen-bond donors (Lipinski definition) is 1. The van der Waals surface area contributed by atoms with Crippen molar-refractivity contribution in [3.05, 3.63) is 90.3 Å². The number of pyridine rings is 1. The third-order valence-corrected chi connectivity index (χ3v) is 4.30. The summed E-state index contributed by atoms with van der Waals surface area (Å²) in [6.45, 7) is 5.09. The van der Waals surface area contributed by atoms with Crippen molar-refractivity contribution >= 4 is 27.3 Å². The Labute approximate surface area is 184 Å². The molecule has 1 aromatic heterocycles.